The highest BCUT2D eigenvalue weighted by molar-refractivity contribution is 5.82. The molecule has 1 aliphatic heterocycles. The maximum atomic E-state index is 12.6. The summed E-state index contributed by atoms with van der Waals surface area (Å²) in [6, 6.07) is 12.2. The van der Waals surface area contributed by atoms with Gasteiger partial charge in [-0.1, -0.05) is 38.5 Å². The van der Waals surface area contributed by atoms with Gasteiger partial charge in [0.15, 0.2) is 0 Å². The van der Waals surface area contributed by atoms with Crippen LogP contribution in [0.15, 0.2) is 42.6 Å². The third-order valence-corrected chi connectivity index (χ3v) is 6.13. The lowest BCUT2D eigenvalue weighted by Gasteiger charge is -2.23. The number of anilines is 1. The van der Waals surface area contributed by atoms with Gasteiger partial charge in [-0.3, -0.25) is 4.79 Å². The summed E-state index contributed by atoms with van der Waals surface area (Å²) in [5, 5.41) is 2.45. The van der Waals surface area contributed by atoms with Crippen molar-refractivity contribution in [2.75, 3.05) is 25.9 Å². The van der Waals surface area contributed by atoms with E-state index < -0.39 is 6.09 Å². The first-order valence-electron chi connectivity index (χ1n) is 12.4. The Balaban J connectivity index is 0.00000115. The van der Waals surface area contributed by atoms with Gasteiger partial charge in [0.2, 0.25) is 5.91 Å². The lowest BCUT2D eigenvalue weighted by atomic mass is 9.94. The number of aryl methyl sites for hydroxylation is 2. The van der Waals surface area contributed by atoms with E-state index in [0.29, 0.717) is 6.54 Å². The Hall–Kier alpha value is -3.81. The first kappa shape index (κ1) is 26.8. The summed E-state index contributed by atoms with van der Waals surface area (Å²) >= 11 is 0. The SMILES string of the molecule is CCC.COC(=O)NCC(=O)N1CCCC1c1ncc(-c2ccc(-c3ccc(N)cc3C)c(C)c2)[nH]1. The molecular formula is C28H37N5O3. The molecule has 2 aromatic carbocycles. The van der Waals surface area contributed by atoms with Gasteiger partial charge in [-0.2, -0.15) is 0 Å². The van der Waals surface area contributed by atoms with Crippen molar-refractivity contribution in [2.45, 2.75) is 53.0 Å². The molecule has 0 radical (unpaired) electrons. The van der Waals surface area contributed by atoms with Gasteiger partial charge in [0, 0.05) is 12.2 Å². The number of carbonyl (C=O) groups is 2. The third kappa shape index (κ3) is 6.24. The average Bonchev–Trinajstić information content (AvgIpc) is 3.53. The zero-order chi connectivity index (χ0) is 26.2. The van der Waals surface area contributed by atoms with Crippen molar-refractivity contribution in [2.24, 2.45) is 0 Å². The second-order valence-corrected chi connectivity index (χ2v) is 9.08. The quantitative estimate of drug-likeness (QED) is 0.415. The molecule has 0 aliphatic carbocycles. The van der Waals surface area contributed by atoms with Crippen LogP contribution in [0.1, 0.15) is 56.1 Å². The number of imidazole rings is 1. The summed E-state index contributed by atoms with van der Waals surface area (Å²) in [4.78, 5) is 33.6. The first-order valence-corrected chi connectivity index (χ1v) is 12.4. The van der Waals surface area contributed by atoms with E-state index in [0.717, 1.165) is 46.7 Å². The number of amides is 2. The fourth-order valence-electron chi connectivity index (χ4n) is 4.45. The van der Waals surface area contributed by atoms with Gasteiger partial charge in [-0.25, -0.2) is 9.78 Å². The Kier molecular flexibility index (Phi) is 9.11. The van der Waals surface area contributed by atoms with Crippen molar-refractivity contribution in [1.82, 2.24) is 20.2 Å². The summed E-state index contributed by atoms with van der Waals surface area (Å²) in [5.74, 6) is 0.602. The average molecular weight is 492 g/mol. The number of alkyl carbamates (subject to hydrolysis) is 1. The fourth-order valence-corrected chi connectivity index (χ4v) is 4.45. The smallest absolute Gasteiger partial charge is 0.407 e. The van der Waals surface area contributed by atoms with Gasteiger partial charge in [-0.15, -0.1) is 0 Å². The molecule has 0 saturated carbocycles. The molecule has 0 spiro atoms. The van der Waals surface area contributed by atoms with Gasteiger partial charge in [0.25, 0.3) is 0 Å². The van der Waals surface area contributed by atoms with Crippen LogP contribution in [-0.2, 0) is 9.53 Å². The maximum absolute atomic E-state index is 12.6. The van der Waals surface area contributed by atoms with Crippen LogP contribution in [0.3, 0.4) is 0 Å². The molecule has 2 heterocycles. The first-order chi connectivity index (χ1) is 17.3. The van der Waals surface area contributed by atoms with Crippen molar-refractivity contribution in [3.63, 3.8) is 0 Å². The Morgan fingerprint density at radius 2 is 1.81 bits per heavy atom. The number of nitrogens with one attached hydrogen (secondary N) is 2. The van der Waals surface area contributed by atoms with Crippen LogP contribution >= 0.6 is 0 Å². The normalized spacial score (nSPS) is 14.7. The van der Waals surface area contributed by atoms with Crippen LogP contribution < -0.4 is 11.1 Å². The minimum Gasteiger partial charge on any atom is -0.453 e. The number of hydrogen-bond acceptors (Lipinski definition) is 5. The summed E-state index contributed by atoms with van der Waals surface area (Å²) in [6.07, 6.45) is 4.16. The number of aromatic amines is 1. The van der Waals surface area contributed by atoms with E-state index in [9.17, 15) is 9.59 Å². The topological polar surface area (TPSA) is 113 Å². The van der Waals surface area contributed by atoms with Crippen molar-refractivity contribution in [3.05, 3.63) is 59.5 Å². The molecule has 1 unspecified atom stereocenters. The summed E-state index contributed by atoms with van der Waals surface area (Å²) in [6.45, 7) is 8.95. The standard InChI is InChI=1S/C25H29N5O3.C3H8/c1-15-11-17(6-8-19(15)20-9-7-18(26)12-16(20)2)21-13-27-24(29-21)22-5-4-10-30(22)23(31)14-28-25(32)33-3;1-3-2/h6-9,11-13,22H,4-5,10,14,26H2,1-3H3,(H,27,29)(H,28,32);3H2,1-2H3. The zero-order valence-corrected chi connectivity index (χ0v) is 21.9. The van der Waals surface area contributed by atoms with E-state index in [1.165, 1.54) is 24.7 Å². The Morgan fingerprint density at radius 1 is 1.14 bits per heavy atom. The Morgan fingerprint density at radius 3 is 2.44 bits per heavy atom. The minimum absolute atomic E-state index is 0.0953. The minimum atomic E-state index is -0.618. The van der Waals surface area contributed by atoms with E-state index in [2.05, 4.69) is 72.0 Å². The van der Waals surface area contributed by atoms with Crippen LogP contribution in [0, 0.1) is 13.8 Å². The highest BCUT2D eigenvalue weighted by Gasteiger charge is 2.32. The number of ether oxygens (including phenoxy) is 1. The number of rotatable bonds is 5. The van der Waals surface area contributed by atoms with Gasteiger partial charge in [0.05, 0.1) is 25.0 Å². The molecule has 2 amide bonds. The molecule has 36 heavy (non-hydrogen) atoms. The number of nitrogen functional groups attached to an aromatic ring is 1. The van der Waals surface area contributed by atoms with E-state index >= 15 is 0 Å². The Labute approximate surface area is 213 Å². The van der Waals surface area contributed by atoms with Gasteiger partial charge < -0.3 is 25.7 Å². The molecule has 8 heteroatoms. The van der Waals surface area contributed by atoms with Crippen LogP contribution in [0.4, 0.5) is 10.5 Å². The zero-order valence-electron chi connectivity index (χ0n) is 21.9. The second-order valence-electron chi connectivity index (χ2n) is 9.08. The molecule has 1 aliphatic rings. The molecule has 1 fully saturated rings. The van der Waals surface area contributed by atoms with Crippen LogP contribution in [0.25, 0.3) is 22.4 Å². The van der Waals surface area contributed by atoms with E-state index in [1.807, 2.05) is 18.3 Å². The second kappa shape index (κ2) is 12.2. The lowest BCUT2D eigenvalue weighted by molar-refractivity contribution is -0.131. The Bertz CT molecular complexity index is 1200. The number of H-pyrrole nitrogens is 1. The summed E-state index contributed by atoms with van der Waals surface area (Å²) in [5.41, 5.74) is 13.2. The maximum Gasteiger partial charge on any atom is 0.407 e. The number of nitrogens with two attached hydrogens (primary N) is 1. The van der Waals surface area contributed by atoms with E-state index in [1.54, 1.807) is 4.90 Å². The molecule has 3 aromatic rings. The van der Waals surface area contributed by atoms with Crippen molar-refractivity contribution < 1.29 is 14.3 Å². The molecule has 192 valence electrons. The number of carbonyl (C=O) groups excluding carboxylic acids is 2. The lowest BCUT2D eigenvalue weighted by Crippen LogP contribution is -2.40. The van der Waals surface area contributed by atoms with Crippen molar-refractivity contribution >= 4 is 17.7 Å². The highest BCUT2D eigenvalue weighted by Crippen LogP contribution is 2.33. The predicted molar refractivity (Wildman–Crippen MR) is 143 cm³/mol. The summed E-state index contributed by atoms with van der Waals surface area (Å²) < 4.78 is 4.54. The number of nitrogens with zero attached hydrogens (tertiary/aromatic N) is 2. The van der Waals surface area contributed by atoms with Crippen LogP contribution in [-0.4, -0.2) is 47.1 Å². The van der Waals surface area contributed by atoms with Crippen LogP contribution in [0.5, 0.6) is 0 Å². The number of methoxy groups -OCH3 is 1. The van der Waals surface area contributed by atoms with E-state index in [-0.39, 0.29) is 18.5 Å². The molecule has 1 saturated heterocycles. The number of benzene rings is 2. The van der Waals surface area contributed by atoms with Crippen molar-refractivity contribution in [1.29, 1.82) is 0 Å². The molecule has 1 atom stereocenters. The summed E-state index contributed by atoms with van der Waals surface area (Å²) in [7, 11) is 1.27. The molecule has 4 N–H and O–H groups in total. The molecule has 4 rings (SSSR count). The van der Waals surface area contributed by atoms with E-state index in [4.69, 9.17) is 5.73 Å². The molecular weight excluding hydrogens is 454 g/mol. The largest absolute Gasteiger partial charge is 0.453 e. The number of aromatic nitrogens is 2. The highest BCUT2D eigenvalue weighted by atomic mass is 16.5. The molecule has 0 bridgehead atoms. The van der Waals surface area contributed by atoms with Gasteiger partial charge >= 0.3 is 6.09 Å². The number of likely N-dealkylation sites (tertiary alicyclic amines) is 1. The van der Waals surface area contributed by atoms with Crippen LogP contribution in [0.2, 0.25) is 0 Å². The predicted octanol–water partition coefficient (Wildman–Crippen LogP) is 5.38. The number of hydrogen-bond donors (Lipinski definition) is 3. The fraction of sp³-hybridized carbons (Fsp3) is 0.393. The third-order valence-electron chi connectivity index (χ3n) is 6.13. The van der Waals surface area contributed by atoms with Gasteiger partial charge in [0.1, 0.15) is 12.4 Å². The molecule has 8 nitrogen and oxygen atoms in total. The molecule has 1 aromatic heterocycles. The monoisotopic (exact) mass is 491 g/mol. The van der Waals surface area contributed by atoms with Crippen molar-refractivity contribution in [3.8, 4) is 22.4 Å². The van der Waals surface area contributed by atoms with Gasteiger partial charge in [-0.05, 0) is 72.7 Å².